The third kappa shape index (κ3) is 13.7. The third-order valence-electron chi connectivity index (χ3n) is 11.1. The van der Waals surface area contributed by atoms with Crippen LogP contribution in [0.3, 0.4) is 0 Å². The molecule has 1 aliphatic heterocycles. The van der Waals surface area contributed by atoms with E-state index in [0.29, 0.717) is 37.5 Å². The van der Waals surface area contributed by atoms with Gasteiger partial charge in [-0.1, -0.05) is 101 Å². The number of ether oxygens (including phenoxy) is 1. The summed E-state index contributed by atoms with van der Waals surface area (Å²) >= 11 is 0. The van der Waals surface area contributed by atoms with Crippen LogP contribution in [0.5, 0.6) is 0 Å². The van der Waals surface area contributed by atoms with Crippen LogP contribution in [0.15, 0.2) is 67.1 Å². The second kappa shape index (κ2) is 20.6. The van der Waals surface area contributed by atoms with Crippen LogP contribution in [0.2, 0.25) is 0 Å². The molecular formula is C45H64N6O6. The Bertz CT molecular complexity index is 1740. The SMILES string of the molecule is CC(C)C[C@H](C[C@H](O)[C@H](CC1CCCCC1)NC(=O)C(Cc1c[nH]cn1)NC(=O)C(Cc1ccccc1)NC(=O)OC(C)(C)C)C(=O)N1CCc2ccccc2C1. The number of nitrogens with zero attached hydrogens (tertiary/aromatic N) is 2. The summed E-state index contributed by atoms with van der Waals surface area (Å²) in [7, 11) is 0. The van der Waals surface area contributed by atoms with Gasteiger partial charge in [-0.25, -0.2) is 9.78 Å². The van der Waals surface area contributed by atoms with E-state index < -0.39 is 53.7 Å². The molecule has 0 saturated heterocycles. The summed E-state index contributed by atoms with van der Waals surface area (Å²) in [5.41, 5.74) is 3.01. The number of H-pyrrole nitrogens is 1. The molecule has 2 heterocycles. The molecule has 2 aliphatic rings. The molecule has 57 heavy (non-hydrogen) atoms. The van der Waals surface area contributed by atoms with Gasteiger partial charge in [0.1, 0.15) is 17.7 Å². The molecule has 12 nitrogen and oxygen atoms in total. The van der Waals surface area contributed by atoms with Crippen molar-refractivity contribution in [2.24, 2.45) is 17.8 Å². The number of nitrogens with one attached hydrogen (secondary N) is 4. The van der Waals surface area contributed by atoms with Crippen LogP contribution >= 0.6 is 0 Å². The molecule has 5 rings (SSSR count). The van der Waals surface area contributed by atoms with E-state index in [4.69, 9.17) is 4.74 Å². The molecule has 1 fully saturated rings. The average molecular weight is 785 g/mol. The van der Waals surface area contributed by atoms with Gasteiger partial charge in [0.25, 0.3) is 0 Å². The number of rotatable bonds is 17. The Morgan fingerprint density at radius 3 is 2.21 bits per heavy atom. The summed E-state index contributed by atoms with van der Waals surface area (Å²) in [6.45, 7) is 10.6. The summed E-state index contributed by atoms with van der Waals surface area (Å²) in [4.78, 5) is 64.9. The number of hydrogen-bond acceptors (Lipinski definition) is 7. The Labute approximate surface area is 338 Å². The number of aromatic nitrogens is 2. The van der Waals surface area contributed by atoms with Crippen LogP contribution in [0.4, 0.5) is 4.79 Å². The molecule has 2 aromatic carbocycles. The Kier molecular flexibility index (Phi) is 15.7. The molecule has 5 atom stereocenters. The third-order valence-corrected chi connectivity index (χ3v) is 11.1. The summed E-state index contributed by atoms with van der Waals surface area (Å²) in [6.07, 6.45) is 9.22. The topological polar surface area (TPSA) is 166 Å². The lowest BCUT2D eigenvalue weighted by atomic mass is 9.81. The summed E-state index contributed by atoms with van der Waals surface area (Å²) < 4.78 is 5.49. The van der Waals surface area contributed by atoms with Crippen molar-refractivity contribution in [1.82, 2.24) is 30.8 Å². The van der Waals surface area contributed by atoms with E-state index in [1.165, 1.54) is 18.3 Å². The van der Waals surface area contributed by atoms with E-state index in [9.17, 15) is 24.3 Å². The van der Waals surface area contributed by atoms with Gasteiger partial charge in [0.2, 0.25) is 17.7 Å². The van der Waals surface area contributed by atoms with Crippen molar-refractivity contribution in [3.05, 3.63) is 89.5 Å². The van der Waals surface area contributed by atoms with Crippen molar-refractivity contribution in [1.29, 1.82) is 0 Å². The zero-order chi connectivity index (χ0) is 41.0. The zero-order valence-corrected chi connectivity index (χ0v) is 34.5. The lowest BCUT2D eigenvalue weighted by Crippen LogP contribution is -2.58. The van der Waals surface area contributed by atoms with Crippen LogP contribution in [0.1, 0.15) is 108 Å². The maximum Gasteiger partial charge on any atom is 0.408 e. The molecular weight excluding hydrogens is 721 g/mol. The maximum atomic E-state index is 14.5. The number of amides is 4. The largest absolute Gasteiger partial charge is 0.444 e. The first-order valence-electron chi connectivity index (χ1n) is 20.9. The number of imidazole rings is 1. The minimum atomic E-state index is -1.08. The first kappa shape index (κ1) is 43.4. The summed E-state index contributed by atoms with van der Waals surface area (Å²) in [5, 5.41) is 20.9. The van der Waals surface area contributed by atoms with Crippen molar-refractivity contribution in [3.63, 3.8) is 0 Å². The summed E-state index contributed by atoms with van der Waals surface area (Å²) in [5.74, 6) is -0.888. The van der Waals surface area contributed by atoms with Crippen LogP contribution in [0.25, 0.3) is 0 Å². The molecule has 5 N–H and O–H groups in total. The Hall–Kier alpha value is -4.71. The fraction of sp³-hybridized carbons (Fsp3) is 0.578. The molecule has 1 aliphatic carbocycles. The van der Waals surface area contributed by atoms with Crippen molar-refractivity contribution in [3.8, 4) is 0 Å². The monoisotopic (exact) mass is 784 g/mol. The van der Waals surface area contributed by atoms with Crippen molar-refractivity contribution >= 4 is 23.8 Å². The number of hydrogen-bond donors (Lipinski definition) is 5. The zero-order valence-electron chi connectivity index (χ0n) is 34.5. The van der Waals surface area contributed by atoms with Crippen LogP contribution in [-0.4, -0.2) is 80.2 Å². The number of carbonyl (C=O) groups excluding carboxylic acids is 4. The molecule has 1 aromatic heterocycles. The van der Waals surface area contributed by atoms with Crippen LogP contribution < -0.4 is 16.0 Å². The van der Waals surface area contributed by atoms with Gasteiger partial charge in [0.05, 0.1) is 24.2 Å². The van der Waals surface area contributed by atoms with Crippen molar-refractivity contribution in [2.45, 2.75) is 142 Å². The van der Waals surface area contributed by atoms with Gasteiger partial charge in [0.15, 0.2) is 0 Å². The fourth-order valence-corrected chi connectivity index (χ4v) is 8.24. The van der Waals surface area contributed by atoms with Gasteiger partial charge in [-0.15, -0.1) is 0 Å². The van der Waals surface area contributed by atoms with Gasteiger partial charge >= 0.3 is 6.09 Å². The minimum absolute atomic E-state index is 0.0330. The highest BCUT2D eigenvalue weighted by molar-refractivity contribution is 5.91. The Balaban J connectivity index is 1.36. The van der Waals surface area contributed by atoms with Gasteiger partial charge in [-0.2, -0.15) is 0 Å². The lowest BCUT2D eigenvalue weighted by molar-refractivity contribution is -0.138. The molecule has 0 spiro atoms. The second-order valence-corrected chi connectivity index (χ2v) is 17.5. The van der Waals surface area contributed by atoms with Crippen molar-refractivity contribution < 1.29 is 29.0 Å². The number of carbonyl (C=O) groups is 4. The van der Waals surface area contributed by atoms with Gasteiger partial charge in [0, 0.05) is 38.0 Å². The number of fused-ring (bicyclic) bond motifs is 1. The standard InChI is InChI=1S/C45H64N6O6/c1-30(2)22-35(43(55)51-21-20-33-18-12-13-19-34(33)28-51)25-40(52)37(23-31-14-8-6-9-15-31)48-42(54)39(26-36-27-46-29-47-36)49-41(53)38(24-32-16-10-7-11-17-32)50-44(56)57-45(3,4)5/h7,10-13,16-19,27,29-31,35,37-40,52H,6,8-9,14-15,20-26,28H2,1-5H3,(H,46,47)(H,48,54)(H,49,53)(H,50,56)/t35-,37+,38?,39?,40+/m1/s1. The highest BCUT2D eigenvalue weighted by Crippen LogP contribution is 2.31. The molecule has 310 valence electrons. The maximum absolute atomic E-state index is 14.5. The normalized spacial score (nSPS) is 17.4. The number of benzene rings is 2. The number of aliphatic hydroxyl groups is 1. The van der Waals surface area contributed by atoms with E-state index in [-0.39, 0.29) is 31.1 Å². The molecule has 0 bridgehead atoms. The smallest absolute Gasteiger partial charge is 0.408 e. The second-order valence-electron chi connectivity index (χ2n) is 17.5. The van der Waals surface area contributed by atoms with Gasteiger partial charge in [-0.05, 0) is 75.0 Å². The van der Waals surface area contributed by atoms with E-state index in [1.54, 1.807) is 27.0 Å². The predicted molar refractivity (Wildman–Crippen MR) is 220 cm³/mol. The first-order valence-corrected chi connectivity index (χ1v) is 20.9. The number of aliphatic hydroxyl groups excluding tert-OH is 1. The summed E-state index contributed by atoms with van der Waals surface area (Å²) in [6, 6.07) is 14.8. The van der Waals surface area contributed by atoms with Gasteiger partial charge < -0.3 is 35.7 Å². The predicted octanol–water partition coefficient (Wildman–Crippen LogP) is 6.03. The highest BCUT2D eigenvalue weighted by atomic mass is 16.6. The molecule has 2 unspecified atom stereocenters. The van der Waals surface area contributed by atoms with E-state index in [0.717, 1.165) is 43.2 Å². The Morgan fingerprint density at radius 1 is 0.877 bits per heavy atom. The number of alkyl carbamates (subject to hydrolysis) is 1. The van der Waals surface area contributed by atoms with E-state index in [1.807, 2.05) is 47.4 Å². The first-order chi connectivity index (χ1) is 27.2. The minimum Gasteiger partial charge on any atom is -0.444 e. The van der Waals surface area contributed by atoms with Crippen LogP contribution in [-0.2, 0) is 44.9 Å². The van der Waals surface area contributed by atoms with E-state index >= 15 is 0 Å². The molecule has 3 aromatic rings. The quantitative estimate of drug-likeness (QED) is 0.112. The molecule has 1 saturated carbocycles. The fourth-order valence-electron chi connectivity index (χ4n) is 8.24. The van der Waals surface area contributed by atoms with Crippen molar-refractivity contribution in [2.75, 3.05) is 6.54 Å². The Morgan fingerprint density at radius 2 is 1.54 bits per heavy atom. The molecule has 12 heteroatoms. The van der Waals surface area contributed by atoms with E-state index in [2.05, 4.69) is 51.9 Å². The molecule has 0 radical (unpaired) electrons. The van der Waals surface area contributed by atoms with Crippen LogP contribution in [0, 0.1) is 17.8 Å². The average Bonchev–Trinajstić information content (AvgIpc) is 3.69. The van der Waals surface area contributed by atoms with Gasteiger partial charge in [-0.3, -0.25) is 14.4 Å². The lowest BCUT2D eigenvalue weighted by Gasteiger charge is -2.35. The molecule has 4 amide bonds. The highest BCUT2D eigenvalue weighted by Gasteiger charge is 2.36. The number of aromatic amines is 1.